The van der Waals surface area contributed by atoms with Crippen LogP contribution in [0.4, 0.5) is 23.7 Å². The van der Waals surface area contributed by atoms with Crippen LogP contribution in [-0.4, -0.2) is 40.5 Å². The zero-order chi connectivity index (χ0) is 29.4. The van der Waals surface area contributed by atoms with Gasteiger partial charge in [-0.25, -0.2) is 4.79 Å². The van der Waals surface area contributed by atoms with Crippen LogP contribution in [0.3, 0.4) is 0 Å². The number of carboxylic acid groups (broad SMARTS) is 1. The highest BCUT2D eigenvalue weighted by Crippen LogP contribution is 2.40. The Morgan fingerprint density at radius 1 is 0.878 bits per heavy atom. The van der Waals surface area contributed by atoms with Gasteiger partial charge in [-0.3, -0.25) is 9.59 Å². The molecule has 7 nitrogen and oxygen atoms in total. The molecule has 0 aromatic heterocycles. The molecule has 3 amide bonds. The number of benzene rings is 2. The minimum atomic E-state index is -4.51. The molecule has 0 spiro atoms. The van der Waals surface area contributed by atoms with Crippen molar-refractivity contribution in [2.75, 3.05) is 11.9 Å². The molecular weight excluding hydrogens is 535 g/mol. The van der Waals surface area contributed by atoms with Gasteiger partial charge in [-0.1, -0.05) is 50.3 Å². The smallest absolute Gasteiger partial charge is 0.416 e. The van der Waals surface area contributed by atoms with Crippen molar-refractivity contribution in [3.8, 4) is 0 Å². The first-order valence-electron chi connectivity index (χ1n) is 14.4. The molecule has 2 aromatic carbocycles. The molecule has 2 saturated carbocycles. The number of carbonyl (C=O) groups excluding carboxylic acids is 2. The summed E-state index contributed by atoms with van der Waals surface area (Å²) in [7, 11) is 0. The van der Waals surface area contributed by atoms with Gasteiger partial charge in [0.05, 0.1) is 12.0 Å². The Bertz CT molecular complexity index is 1190. The van der Waals surface area contributed by atoms with Gasteiger partial charge >= 0.3 is 18.2 Å². The summed E-state index contributed by atoms with van der Waals surface area (Å²) in [6, 6.07) is 10.8. The van der Waals surface area contributed by atoms with Gasteiger partial charge in [0.1, 0.15) is 0 Å². The van der Waals surface area contributed by atoms with Crippen LogP contribution in [0.2, 0.25) is 0 Å². The number of hydrogen-bond donors (Lipinski definition) is 3. The van der Waals surface area contributed by atoms with Gasteiger partial charge < -0.3 is 20.6 Å². The van der Waals surface area contributed by atoms with E-state index in [9.17, 15) is 27.6 Å². The third kappa shape index (κ3) is 8.71. The number of aliphatic carboxylic acids is 1. The van der Waals surface area contributed by atoms with E-state index >= 15 is 0 Å². The number of nitrogens with one attached hydrogen (secondary N) is 2. The maximum Gasteiger partial charge on any atom is 0.416 e. The zero-order valence-corrected chi connectivity index (χ0v) is 23.1. The number of nitrogens with zero attached hydrogens (tertiary/aromatic N) is 1. The van der Waals surface area contributed by atoms with Crippen molar-refractivity contribution >= 4 is 23.6 Å². The number of urea groups is 1. The van der Waals surface area contributed by atoms with Gasteiger partial charge in [0.2, 0.25) is 0 Å². The number of anilines is 1. The van der Waals surface area contributed by atoms with Gasteiger partial charge in [-0.2, -0.15) is 13.2 Å². The molecule has 0 bridgehead atoms. The fourth-order valence-corrected chi connectivity index (χ4v) is 6.17. The summed E-state index contributed by atoms with van der Waals surface area (Å²) >= 11 is 0. The second kappa shape index (κ2) is 13.9. The third-order valence-corrected chi connectivity index (χ3v) is 8.39. The van der Waals surface area contributed by atoms with Crippen LogP contribution < -0.4 is 10.6 Å². The van der Waals surface area contributed by atoms with Gasteiger partial charge in [0.15, 0.2) is 0 Å². The van der Waals surface area contributed by atoms with Gasteiger partial charge in [0, 0.05) is 30.4 Å². The van der Waals surface area contributed by atoms with Crippen LogP contribution >= 0.6 is 0 Å². The van der Waals surface area contributed by atoms with Crippen LogP contribution in [0.15, 0.2) is 48.5 Å². The van der Waals surface area contributed by atoms with Crippen LogP contribution in [0.1, 0.15) is 85.7 Å². The van der Waals surface area contributed by atoms with Gasteiger partial charge in [-0.05, 0) is 73.4 Å². The first kappa shape index (κ1) is 30.4. The van der Waals surface area contributed by atoms with E-state index in [0.717, 1.165) is 49.3 Å². The summed E-state index contributed by atoms with van der Waals surface area (Å²) in [6.45, 7) is 0.257. The maximum absolute atomic E-state index is 13.5. The molecule has 0 atom stereocenters. The van der Waals surface area contributed by atoms with E-state index in [2.05, 4.69) is 10.6 Å². The monoisotopic (exact) mass is 573 g/mol. The fraction of sp³-hybridized carbons (Fsp3) is 0.516. The number of carbonyl (C=O) groups is 3. The van der Waals surface area contributed by atoms with Crippen molar-refractivity contribution < 1.29 is 32.7 Å². The number of alkyl halides is 3. The Kier molecular flexibility index (Phi) is 10.3. The van der Waals surface area contributed by atoms with Gasteiger partial charge in [-0.15, -0.1) is 0 Å². The standard InChI is InChI=1S/C31H38F3N3O4/c32-31(33,34)25-7-4-8-26(19-25)36-30(41)37(27-15-13-23(14-16-27)22-5-2-1-3-6-22)20-21-9-11-24(12-10-21)29(40)35-18-17-28(38)39/h4,7-12,19,22-23,27H,1-3,5-6,13-18,20H2,(H,35,40)(H,36,41)(H,38,39). The second-order valence-electron chi connectivity index (χ2n) is 11.2. The molecule has 0 saturated heterocycles. The van der Waals surface area contributed by atoms with Gasteiger partial charge in [0.25, 0.3) is 5.91 Å². The predicted molar refractivity (Wildman–Crippen MR) is 149 cm³/mol. The van der Waals surface area contributed by atoms with Crippen molar-refractivity contribution in [2.24, 2.45) is 11.8 Å². The highest BCUT2D eigenvalue weighted by atomic mass is 19.4. The topological polar surface area (TPSA) is 98.7 Å². The lowest BCUT2D eigenvalue weighted by molar-refractivity contribution is -0.138. The molecule has 2 aliphatic rings. The Morgan fingerprint density at radius 3 is 2.17 bits per heavy atom. The third-order valence-electron chi connectivity index (χ3n) is 8.39. The minimum absolute atomic E-state index is 0.0168. The highest BCUT2D eigenvalue weighted by molar-refractivity contribution is 5.94. The Balaban J connectivity index is 1.46. The number of rotatable bonds is 9. The summed E-state index contributed by atoms with van der Waals surface area (Å²) in [5.74, 6) is 0.0000270. The van der Waals surface area contributed by atoms with Crippen LogP contribution in [0.25, 0.3) is 0 Å². The first-order valence-corrected chi connectivity index (χ1v) is 14.4. The predicted octanol–water partition coefficient (Wildman–Crippen LogP) is 7.08. The Hall–Kier alpha value is -3.56. The SMILES string of the molecule is O=C(O)CCNC(=O)c1ccc(CN(C(=O)Nc2cccc(C(F)(F)F)c2)C2CCC(C3CCCCC3)CC2)cc1. The molecule has 0 heterocycles. The number of carboxylic acids is 1. The summed E-state index contributed by atoms with van der Waals surface area (Å²) in [5.41, 5.74) is 0.402. The quantitative estimate of drug-likeness (QED) is 0.298. The van der Waals surface area contributed by atoms with E-state index in [1.54, 1.807) is 29.2 Å². The van der Waals surface area contributed by atoms with Crippen molar-refractivity contribution in [1.29, 1.82) is 0 Å². The largest absolute Gasteiger partial charge is 0.481 e. The van der Waals surface area contributed by atoms with E-state index in [4.69, 9.17) is 5.11 Å². The zero-order valence-electron chi connectivity index (χ0n) is 23.1. The second-order valence-corrected chi connectivity index (χ2v) is 11.2. The molecular formula is C31H38F3N3O4. The van der Waals surface area contributed by atoms with E-state index < -0.39 is 29.6 Å². The molecule has 2 fully saturated rings. The highest BCUT2D eigenvalue weighted by Gasteiger charge is 2.34. The normalized spacial score (nSPS) is 19.8. The van der Waals surface area contributed by atoms with Crippen molar-refractivity contribution in [3.63, 3.8) is 0 Å². The molecule has 0 aliphatic heterocycles. The van der Waals surface area contributed by atoms with Crippen molar-refractivity contribution in [2.45, 2.75) is 83.0 Å². The Labute approximate surface area is 238 Å². The molecule has 0 radical (unpaired) electrons. The fourth-order valence-electron chi connectivity index (χ4n) is 6.17. The first-order chi connectivity index (χ1) is 19.6. The van der Waals surface area contributed by atoms with Crippen molar-refractivity contribution in [1.82, 2.24) is 10.2 Å². The van der Waals surface area contributed by atoms with Crippen LogP contribution in [0.5, 0.6) is 0 Å². The summed E-state index contributed by atoms with van der Waals surface area (Å²) < 4.78 is 39.7. The van der Waals surface area contributed by atoms with Crippen LogP contribution in [-0.2, 0) is 17.5 Å². The minimum Gasteiger partial charge on any atom is -0.481 e. The molecule has 0 unspecified atom stereocenters. The lowest BCUT2D eigenvalue weighted by Gasteiger charge is -2.40. The van der Waals surface area contributed by atoms with E-state index in [-0.39, 0.29) is 31.2 Å². The van der Waals surface area contributed by atoms with Crippen molar-refractivity contribution in [3.05, 3.63) is 65.2 Å². The van der Waals surface area contributed by atoms with Crippen LogP contribution in [0, 0.1) is 11.8 Å². The average molecular weight is 574 g/mol. The lowest BCUT2D eigenvalue weighted by atomic mass is 9.72. The molecule has 4 rings (SSSR count). The average Bonchev–Trinajstić information content (AvgIpc) is 2.96. The molecule has 2 aliphatic carbocycles. The molecule has 222 valence electrons. The molecule has 3 N–H and O–H groups in total. The summed E-state index contributed by atoms with van der Waals surface area (Å²) in [4.78, 5) is 38.2. The Morgan fingerprint density at radius 2 is 1.54 bits per heavy atom. The number of halogens is 3. The lowest BCUT2D eigenvalue weighted by Crippen LogP contribution is -2.44. The summed E-state index contributed by atoms with van der Waals surface area (Å²) in [5, 5.41) is 14.0. The maximum atomic E-state index is 13.5. The summed E-state index contributed by atoms with van der Waals surface area (Å²) in [6.07, 6.45) is 5.43. The molecule has 41 heavy (non-hydrogen) atoms. The van der Waals surface area contributed by atoms with E-state index in [0.29, 0.717) is 11.5 Å². The molecule has 10 heteroatoms. The van der Waals surface area contributed by atoms with E-state index in [1.807, 2.05) is 0 Å². The van der Waals surface area contributed by atoms with E-state index in [1.165, 1.54) is 44.2 Å². The number of amides is 3. The number of hydrogen-bond acceptors (Lipinski definition) is 3. The molecule has 2 aromatic rings.